The summed E-state index contributed by atoms with van der Waals surface area (Å²) >= 11 is 0. The molecule has 2 aliphatic heterocycles. The number of hydrogen-bond donors (Lipinski definition) is 2. The minimum Gasteiger partial charge on any atom is -0.479 e. The zero-order valence-electron chi connectivity index (χ0n) is 10.5. The van der Waals surface area contributed by atoms with Crippen molar-refractivity contribution in [2.75, 3.05) is 13.4 Å². The van der Waals surface area contributed by atoms with Crippen LogP contribution in [0.5, 0.6) is 11.5 Å². The molecule has 3 rings (SSSR count). The molecule has 7 nitrogen and oxygen atoms in total. The number of ether oxygens (including phenoxy) is 3. The van der Waals surface area contributed by atoms with E-state index < -0.39 is 24.0 Å². The molecule has 2 aliphatic rings. The third-order valence-electron chi connectivity index (χ3n) is 3.29. The summed E-state index contributed by atoms with van der Waals surface area (Å²) in [6.07, 6.45) is -0.539. The highest BCUT2D eigenvalue weighted by atomic mass is 16.7. The monoisotopic (exact) mass is 279 g/mol. The van der Waals surface area contributed by atoms with Crippen LogP contribution < -0.4 is 14.8 Å². The van der Waals surface area contributed by atoms with E-state index in [1.54, 1.807) is 18.2 Å². The summed E-state index contributed by atoms with van der Waals surface area (Å²) in [5.74, 6) is -0.578. The zero-order chi connectivity index (χ0) is 14.1. The third-order valence-corrected chi connectivity index (χ3v) is 3.29. The van der Waals surface area contributed by atoms with Crippen molar-refractivity contribution in [2.45, 2.75) is 18.6 Å². The summed E-state index contributed by atoms with van der Waals surface area (Å²) in [6.45, 7) is 0.387. The molecular formula is C13H13NO6. The number of nitrogens with one attached hydrogen (secondary N) is 1. The summed E-state index contributed by atoms with van der Waals surface area (Å²) in [4.78, 5) is 23.2. The predicted molar refractivity (Wildman–Crippen MR) is 65.8 cm³/mol. The average Bonchev–Trinajstić information content (AvgIpc) is 3.05. The highest BCUT2D eigenvalue weighted by Gasteiger charge is 2.36. The van der Waals surface area contributed by atoms with Crippen LogP contribution in [0.2, 0.25) is 0 Å². The molecule has 20 heavy (non-hydrogen) atoms. The summed E-state index contributed by atoms with van der Waals surface area (Å²) in [5, 5.41) is 11.7. The number of amides is 1. The quantitative estimate of drug-likeness (QED) is 0.831. The standard InChI is InChI=1S/C13H13NO6/c15-12(14-8-4-5-18-11(8)13(16)17)7-2-1-3-9-10(7)20-6-19-9/h1-3,8,11H,4-6H2,(H,14,15)(H,16,17)/t8-,11+/m0/s1. The van der Waals surface area contributed by atoms with E-state index in [0.717, 1.165) is 0 Å². The Morgan fingerprint density at radius 1 is 1.30 bits per heavy atom. The van der Waals surface area contributed by atoms with E-state index in [-0.39, 0.29) is 6.79 Å². The molecule has 0 aliphatic carbocycles. The lowest BCUT2D eigenvalue weighted by atomic mass is 10.1. The van der Waals surface area contributed by atoms with E-state index in [0.29, 0.717) is 30.1 Å². The van der Waals surface area contributed by atoms with Crippen LogP contribution in [0.4, 0.5) is 0 Å². The second kappa shape index (κ2) is 5.01. The Labute approximate surface area is 114 Å². The Kier molecular flexibility index (Phi) is 3.19. The Hall–Kier alpha value is -2.28. The fourth-order valence-electron chi connectivity index (χ4n) is 2.34. The van der Waals surface area contributed by atoms with Crippen LogP contribution in [-0.2, 0) is 9.53 Å². The highest BCUT2D eigenvalue weighted by Crippen LogP contribution is 2.35. The molecule has 0 bridgehead atoms. The normalized spacial score (nSPS) is 23.6. The lowest BCUT2D eigenvalue weighted by molar-refractivity contribution is -0.148. The van der Waals surface area contributed by atoms with Gasteiger partial charge in [0.2, 0.25) is 6.79 Å². The number of para-hydroxylation sites is 1. The van der Waals surface area contributed by atoms with Gasteiger partial charge >= 0.3 is 5.97 Å². The van der Waals surface area contributed by atoms with E-state index >= 15 is 0 Å². The van der Waals surface area contributed by atoms with E-state index in [9.17, 15) is 9.59 Å². The number of benzene rings is 1. The molecule has 0 radical (unpaired) electrons. The average molecular weight is 279 g/mol. The van der Waals surface area contributed by atoms with Gasteiger partial charge in [0.25, 0.3) is 5.91 Å². The van der Waals surface area contributed by atoms with Crippen LogP contribution in [0.25, 0.3) is 0 Å². The zero-order valence-corrected chi connectivity index (χ0v) is 10.5. The fraction of sp³-hybridized carbons (Fsp3) is 0.385. The largest absolute Gasteiger partial charge is 0.479 e. The van der Waals surface area contributed by atoms with Gasteiger partial charge in [-0.2, -0.15) is 0 Å². The molecule has 1 aromatic rings. The molecule has 7 heteroatoms. The maximum atomic E-state index is 12.2. The maximum absolute atomic E-state index is 12.2. The maximum Gasteiger partial charge on any atom is 0.334 e. The van der Waals surface area contributed by atoms with Crippen molar-refractivity contribution in [3.63, 3.8) is 0 Å². The highest BCUT2D eigenvalue weighted by molar-refractivity contribution is 5.98. The Bertz CT molecular complexity index is 558. The number of carbonyl (C=O) groups excluding carboxylic acids is 1. The molecule has 106 valence electrons. The Morgan fingerprint density at radius 3 is 2.95 bits per heavy atom. The Morgan fingerprint density at radius 2 is 2.15 bits per heavy atom. The molecule has 1 aromatic carbocycles. The SMILES string of the molecule is O=C(N[C@H]1CCO[C@H]1C(=O)O)c1cccc2c1OCO2. The summed E-state index contributed by atoms with van der Waals surface area (Å²) < 4.78 is 15.5. The van der Waals surface area contributed by atoms with Crippen molar-refractivity contribution in [1.29, 1.82) is 0 Å². The van der Waals surface area contributed by atoms with Crippen molar-refractivity contribution >= 4 is 11.9 Å². The number of carboxylic acid groups (broad SMARTS) is 1. The second-order valence-corrected chi connectivity index (χ2v) is 4.54. The predicted octanol–water partition coefficient (Wildman–Crippen LogP) is 0.387. The van der Waals surface area contributed by atoms with Crippen LogP contribution in [-0.4, -0.2) is 42.5 Å². The molecule has 0 saturated carbocycles. The number of carbonyl (C=O) groups is 2. The first-order chi connectivity index (χ1) is 9.66. The van der Waals surface area contributed by atoms with Crippen LogP contribution in [0.15, 0.2) is 18.2 Å². The minimum atomic E-state index is -1.08. The lowest BCUT2D eigenvalue weighted by Crippen LogP contribution is -2.44. The first kappa shape index (κ1) is 12.7. The smallest absolute Gasteiger partial charge is 0.334 e. The third kappa shape index (κ3) is 2.16. The first-order valence-corrected chi connectivity index (χ1v) is 6.20. The first-order valence-electron chi connectivity index (χ1n) is 6.20. The van der Waals surface area contributed by atoms with Crippen molar-refractivity contribution in [2.24, 2.45) is 0 Å². The number of fused-ring (bicyclic) bond motifs is 1. The molecule has 0 spiro atoms. The van der Waals surface area contributed by atoms with Gasteiger partial charge in [-0.05, 0) is 18.6 Å². The molecule has 2 N–H and O–H groups in total. The van der Waals surface area contributed by atoms with Crippen molar-refractivity contribution in [1.82, 2.24) is 5.32 Å². The lowest BCUT2D eigenvalue weighted by Gasteiger charge is -2.16. The van der Waals surface area contributed by atoms with Crippen molar-refractivity contribution < 1.29 is 28.9 Å². The van der Waals surface area contributed by atoms with Gasteiger partial charge < -0.3 is 24.6 Å². The number of carboxylic acids is 1. The minimum absolute atomic E-state index is 0.0733. The van der Waals surface area contributed by atoms with Gasteiger partial charge in [0.1, 0.15) is 0 Å². The molecule has 1 fully saturated rings. The topological polar surface area (TPSA) is 94.1 Å². The number of rotatable bonds is 3. The number of aliphatic carboxylic acids is 1. The summed E-state index contributed by atoms with van der Waals surface area (Å²) in [5.41, 5.74) is 0.330. The molecule has 1 amide bonds. The Balaban J connectivity index is 1.77. The van der Waals surface area contributed by atoms with Gasteiger partial charge in [-0.25, -0.2) is 4.79 Å². The van der Waals surface area contributed by atoms with Crippen LogP contribution >= 0.6 is 0 Å². The van der Waals surface area contributed by atoms with E-state index in [1.165, 1.54) is 0 Å². The van der Waals surface area contributed by atoms with Crippen molar-refractivity contribution in [3.05, 3.63) is 23.8 Å². The number of hydrogen-bond acceptors (Lipinski definition) is 5. The molecule has 2 heterocycles. The van der Waals surface area contributed by atoms with Crippen molar-refractivity contribution in [3.8, 4) is 11.5 Å². The van der Waals surface area contributed by atoms with Gasteiger partial charge in [0.15, 0.2) is 17.6 Å². The second-order valence-electron chi connectivity index (χ2n) is 4.54. The van der Waals surface area contributed by atoms with Gasteiger partial charge in [0, 0.05) is 6.61 Å². The van der Waals surface area contributed by atoms with Crippen LogP contribution in [0.1, 0.15) is 16.8 Å². The van der Waals surface area contributed by atoms with Gasteiger partial charge in [-0.3, -0.25) is 4.79 Å². The summed E-state index contributed by atoms with van der Waals surface area (Å²) in [7, 11) is 0. The van der Waals surface area contributed by atoms with Gasteiger partial charge in [-0.1, -0.05) is 6.07 Å². The van der Waals surface area contributed by atoms with Gasteiger partial charge in [-0.15, -0.1) is 0 Å². The van der Waals surface area contributed by atoms with Crippen LogP contribution in [0, 0.1) is 0 Å². The fourth-order valence-corrected chi connectivity index (χ4v) is 2.34. The molecule has 2 atom stereocenters. The van der Waals surface area contributed by atoms with Crippen LogP contribution in [0.3, 0.4) is 0 Å². The molecule has 1 saturated heterocycles. The molecule has 0 unspecified atom stereocenters. The van der Waals surface area contributed by atoms with Gasteiger partial charge in [0.05, 0.1) is 11.6 Å². The van der Waals surface area contributed by atoms with E-state index in [4.69, 9.17) is 19.3 Å². The molecular weight excluding hydrogens is 266 g/mol. The summed E-state index contributed by atoms with van der Waals surface area (Å²) in [6, 6.07) is 4.45. The molecule has 0 aromatic heterocycles. The van der Waals surface area contributed by atoms with E-state index in [1.807, 2.05) is 0 Å². The van der Waals surface area contributed by atoms with E-state index in [2.05, 4.69) is 5.32 Å².